The van der Waals surface area contributed by atoms with E-state index in [0.29, 0.717) is 18.1 Å². The molecule has 0 unspecified atom stereocenters. The maximum Gasteiger partial charge on any atom is 0.264 e. The first kappa shape index (κ1) is 21.5. The molecule has 0 aliphatic carbocycles. The Hall–Kier alpha value is -2.38. The van der Waals surface area contributed by atoms with Crippen molar-refractivity contribution in [3.05, 3.63) is 45.9 Å². The van der Waals surface area contributed by atoms with Crippen LogP contribution in [0.25, 0.3) is 15.9 Å². The lowest BCUT2D eigenvalue weighted by Crippen LogP contribution is -2.45. The number of carbonyl (C=O) groups is 2. The highest BCUT2D eigenvalue weighted by Crippen LogP contribution is 2.32. The molecular formula is C24H27ClN4O2S. The fraction of sp³-hybridized carbons (Fsp3) is 0.458. The van der Waals surface area contributed by atoms with Crippen molar-refractivity contribution in [1.29, 1.82) is 0 Å². The fourth-order valence-corrected chi connectivity index (χ4v) is 6.04. The summed E-state index contributed by atoms with van der Waals surface area (Å²) < 4.78 is 1.88. The van der Waals surface area contributed by atoms with E-state index in [4.69, 9.17) is 11.6 Å². The summed E-state index contributed by atoms with van der Waals surface area (Å²) in [4.78, 5) is 31.7. The van der Waals surface area contributed by atoms with Crippen molar-refractivity contribution < 1.29 is 9.59 Å². The normalized spacial score (nSPS) is 17.8. The van der Waals surface area contributed by atoms with Gasteiger partial charge in [0.25, 0.3) is 5.91 Å². The van der Waals surface area contributed by atoms with Gasteiger partial charge in [0.2, 0.25) is 5.91 Å². The lowest BCUT2D eigenvalue weighted by atomic mass is 9.94. The van der Waals surface area contributed by atoms with Crippen molar-refractivity contribution in [3.8, 4) is 5.69 Å². The van der Waals surface area contributed by atoms with E-state index in [1.165, 1.54) is 17.8 Å². The van der Waals surface area contributed by atoms with Crippen molar-refractivity contribution in [3.63, 3.8) is 0 Å². The summed E-state index contributed by atoms with van der Waals surface area (Å²) in [6.45, 7) is 5.03. The largest absolute Gasteiger partial charge is 0.342 e. The molecule has 6 nitrogen and oxygen atoms in total. The van der Waals surface area contributed by atoms with Crippen LogP contribution < -0.4 is 0 Å². The Morgan fingerprint density at radius 1 is 1.00 bits per heavy atom. The zero-order valence-corrected chi connectivity index (χ0v) is 19.8. The van der Waals surface area contributed by atoms with Crippen LogP contribution in [0.5, 0.6) is 0 Å². The summed E-state index contributed by atoms with van der Waals surface area (Å²) in [6.07, 6.45) is 4.96. The molecule has 8 heteroatoms. The molecule has 0 radical (unpaired) electrons. The van der Waals surface area contributed by atoms with E-state index in [1.807, 2.05) is 51.7 Å². The zero-order chi connectivity index (χ0) is 22.2. The molecule has 1 aromatic carbocycles. The highest BCUT2D eigenvalue weighted by Gasteiger charge is 2.31. The van der Waals surface area contributed by atoms with E-state index in [0.717, 1.165) is 65.2 Å². The number of halogens is 1. The first-order valence-corrected chi connectivity index (χ1v) is 12.5. The smallest absolute Gasteiger partial charge is 0.264 e. The lowest BCUT2D eigenvalue weighted by Gasteiger charge is -2.35. The van der Waals surface area contributed by atoms with Crippen LogP contribution in [0.2, 0.25) is 5.02 Å². The molecule has 3 aromatic rings. The summed E-state index contributed by atoms with van der Waals surface area (Å²) >= 11 is 7.50. The molecule has 168 valence electrons. The summed E-state index contributed by atoms with van der Waals surface area (Å²) in [5.74, 6) is 0.398. The average Bonchev–Trinajstić information content (AvgIpc) is 3.40. The molecule has 2 aliphatic heterocycles. The van der Waals surface area contributed by atoms with Crippen molar-refractivity contribution in [1.82, 2.24) is 19.6 Å². The number of hydrogen-bond donors (Lipinski definition) is 0. The fourth-order valence-electron chi connectivity index (χ4n) is 4.77. The number of hydrogen-bond acceptors (Lipinski definition) is 4. The van der Waals surface area contributed by atoms with Gasteiger partial charge in [0.15, 0.2) is 0 Å². The lowest BCUT2D eigenvalue weighted by molar-refractivity contribution is -0.137. The van der Waals surface area contributed by atoms with E-state index < -0.39 is 0 Å². The van der Waals surface area contributed by atoms with Gasteiger partial charge in [-0.15, -0.1) is 11.3 Å². The Morgan fingerprint density at radius 3 is 2.38 bits per heavy atom. The number of likely N-dealkylation sites (tertiary alicyclic amines) is 2. The number of amides is 2. The third-order valence-electron chi connectivity index (χ3n) is 6.63. The van der Waals surface area contributed by atoms with Crippen LogP contribution in [0.1, 0.15) is 47.5 Å². The standard InChI is InChI=1S/C24H27ClN4O2S/c1-16-20-15-21(32-24(20)29(26-16)19-7-5-18(25)6-8-19)23(31)28-13-9-17(10-14-28)22(30)27-11-3-2-4-12-27/h5-8,15,17H,2-4,9-14H2,1H3. The monoisotopic (exact) mass is 470 g/mol. The van der Waals surface area contributed by atoms with Gasteiger partial charge in [0, 0.05) is 42.5 Å². The third kappa shape index (κ3) is 4.04. The second-order valence-electron chi connectivity index (χ2n) is 8.76. The number of aryl methyl sites for hydroxylation is 1. The highest BCUT2D eigenvalue weighted by atomic mass is 35.5. The molecule has 0 bridgehead atoms. The first-order valence-electron chi connectivity index (χ1n) is 11.3. The number of rotatable bonds is 3. The molecule has 5 rings (SSSR count). The van der Waals surface area contributed by atoms with Crippen LogP contribution in [0, 0.1) is 12.8 Å². The summed E-state index contributed by atoms with van der Waals surface area (Å²) in [5.41, 5.74) is 1.82. The molecule has 0 atom stereocenters. The van der Waals surface area contributed by atoms with Gasteiger partial charge in [-0.1, -0.05) is 11.6 Å². The molecular weight excluding hydrogens is 444 g/mol. The second-order valence-corrected chi connectivity index (χ2v) is 10.2. The van der Waals surface area contributed by atoms with E-state index in [9.17, 15) is 9.59 Å². The summed E-state index contributed by atoms with van der Waals surface area (Å²) in [5, 5.41) is 6.34. The van der Waals surface area contributed by atoms with E-state index in [2.05, 4.69) is 5.10 Å². The number of piperidine rings is 2. The summed E-state index contributed by atoms with van der Waals surface area (Å²) in [6, 6.07) is 9.50. The van der Waals surface area contributed by atoms with Gasteiger partial charge in [0.05, 0.1) is 16.3 Å². The van der Waals surface area contributed by atoms with Gasteiger partial charge in [-0.2, -0.15) is 5.10 Å². The van der Waals surface area contributed by atoms with Crippen LogP contribution in [-0.2, 0) is 4.79 Å². The number of thiophene rings is 1. The van der Waals surface area contributed by atoms with Gasteiger partial charge in [-0.25, -0.2) is 4.68 Å². The number of carbonyl (C=O) groups excluding carboxylic acids is 2. The maximum atomic E-state index is 13.2. The number of aromatic nitrogens is 2. The van der Waals surface area contributed by atoms with Crippen LogP contribution in [-0.4, -0.2) is 57.6 Å². The Balaban J connectivity index is 1.30. The Kier molecular flexibility index (Phi) is 5.95. The minimum atomic E-state index is 0.0529. The maximum absolute atomic E-state index is 13.2. The first-order chi connectivity index (χ1) is 15.5. The number of nitrogens with zero attached hydrogens (tertiary/aromatic N) is 4. The van der Waals surface area contributed by atoms with Gasteiger partial charge in [0.1, 0.15) is 4.83 Å². The zero-order valence-electron chi connectivity index (χ0n) is 18.2. The molecule has 2 saturated heterocycles. The molecule has 0 saturated carbocycles. The Labute approximate surface area is 196 Å². The van der Waals surface area contributed by atoms with E-state index in [1.54, 1.807) is 0 Å². The second kappa shape index (κ2) is 8.87. The van der Waals surface area contributed by atoms with Crippen LogP contribution in [0.3, 0.4) is 0 Å². The van der Waals surface area contributed by atoms with Crippen molar-refractivity contribution in [2.45, 2.75) is 39.0 Å². The molecule has 0 N–H and O–H groups in total. The predicted molar refractivity (Wildman–Crippen MR) is 128 cm³/mol. The van der Waals surface area contributed by atoms with Crippen molar-refractivity contribution in [2.75, 3.05) is 26.2 Å². The SMILES string of the molecule is Cc1nn(-c2ccc(Cl)cc2)c2sc(C(=O)N3CCC(C(=O)N4CCCCC4)CC3)cc12. The molecule has 2 amide bonds. The minimum Gasteiger partial charge on any atom is -0.342 e. The molecule has 2 aromatic heterocycles. The Bertz CT molecular complexity index is 1140. The van der Waals surface area contributed by atoms with Crippen molar-refractivity contribution >= 4 is 45.0 Å². The molecule has 0 spiro atoms. The van der Waals surface area contributed by atoms with Crippen LogP contribution in [0.4, 0.5) is 0 Å². The molecule has 2 aliphatic rings. The minimum absolute atomic E-state index is 0.0529. The van der Waals surface area contributed by atoms with E-state index >= 15 is 0 Å². The van der Waals surface area contributed by atoms with Gasteiger partial charge >= 0.3 is 0 Å². The summed E-state index contributed by atoms with van der Waals surface area (Å²) in [7, 11) is 0. The number of benzene rings is 1. The average molecular weight is 471 g/mol. The van der Waals surface area contributed by atoms with Gasteiger partial charge < -0.3 is 9.80 Å². The number of fused-ring (bicyclic) bond motifs is 1. The Morgan fingerprint density at radius 2 is 1.69 bits per heavy atom. The van der Waals surface area contributed by atoms with Gasteiger partial charge in [-0.05, 0) is 69.4 Å². The topological polar surface area (TPSA) is 58.4 Å². The van der Waals surface area contributed by atoms with Crippen LogP contribution >= 0.6 is 22.9 Å². The van der Waals surface area contributed by atoms with Crippen LogP contribution in [0.15, 0.2) is 30.3 Å². The van der Waals surface area contributed by atoms with Crippen molar-refractivity contribution in [2.24, 2.45) is 5.92 Å². The van der Waals surface area contributed by atoms with Gasteiger partial charge in [-0.3, -0.25) is 9.59 Å². The van der Waals surface area contributed by atoms with E-state index in [-0.39, 0.29) is 17.7 Å². The molecule has 4 heterocycles. The predicted octanol–water partition coefficient (Wildman–Crippen LogP) is 4.91. The third-order valence-corrected chi connectivity index (χ3v) is 7.98. The highest BCUT2D eigenvalue weighted by molar-refractivity contribution is 7.20. The molecule has 2 fully saturated rings. The molecule has 32 heavy (non-hydrogen) atoms. The quantitative estimate of drug-likeness (QED) is 0.546.